The number of aromatic nitrogens is 2. The third-order valence-corrected chi connectivity index (χ3v) is 2.58. The number of ether oxygens (including phenoxy) is 2. The topological polar surface area (TPSA) is 81.5 Å². The van der Waals surface area contributed by atoms with Gasteiger partial charge in [-0.3, -0.25) is 4.98 Å². The summed E-state index contributed by atoms with van der Waals surface area (Å²) in [4.78, 5) is 19.5. The van der Waals surface area contributed by atoms with E-state index >= 15 is 0 Å². The van der Waals surface area contributed by atoms with Gasteiger partial charge in [0.1, 0.15) is 0 Å². The zero-order valence-electron chi connectivity index (χ0n) is 11.2. The molecule has 1 aromatic heterocycles. The van der Waals surface area contributed by atoms with Gasteiger partial charge in [0.15, 0.2) is 17.2 Å². The Kier molecular flexibility index (Phi) is 4.14. The normalized spacial score (nSPS) is 10.1. The molecule has 0 aliphatic rings. The lowest BCUT2D eigenvalue weighted by molar-refractivity contribution is 0.0593. The van der Waals surface area contributed by atoms with Crippen molar-refractivity contribution >= 4 is 5.97 Å². The smallest absolute Gasteiger partial charge is 0.358 e. The van der Waals surface area contributed by atoms with Gasteiger partial charge in [0, 0.05) is 5.56 Å². The Balaban J connectivity index is 2.36. The summed E-state index contributed by atoms with van der Waals surface area (Å²) in [7, 11) is 1.28. The molecule has 0 saturated heterocycles. The van der Waals surface area contributed by atoms with Gasteiger partial charge in [0.05, 0.1) is 31.8 Å². The molecule has 1 heterocycles. The van der Waals surface area contributed by atoms with E-state index in [2.05, 4.69) is 14.7 Å². The van der Waals surface area contributed by atoms with E-state index in [0.717, 1.165) is 0 Å². The van der Waals surface area contributed by atoms with Gasteiger partial charge in [0.25, 0.3) is 0 Å². The molecule has 1 aromatic carbocycles. The second kappa shape index (κ2) is 6.01. The van der Waals surface area contributed by atoms with Crippen LogP contribution in [0, 0.1) is 0 Å². The van der Waals surface area contributed by atoms with Crippen LogP contribution in [0.3, 0.4) is 0 Å². The third kappa shape index (κ3) is 2.85. The number of benzene rings is 1. The average molecular weight is 274 g/mol. The van der Waals surface area contributed by atoms with Crippen LogP contribution in [0.1, 0.15) is 17.4 Å². The summed E-state index contributed by atoms with van der Waals surface area (Å²) < 4.78 is 9.84. The first-order chi connectivity index (χ1) is 9.65. The number of hydrogen-bond acceptors (Lipinski definition) is 6. The number of aromatic hydroxyl groups is 1. The van der Waals surface area contributed by atoms with Crippen LogP contribution in [-0.4, -0.2) is 34.8 Å². The van der Waals surface area contributed by atoms with Crippen LogP contribution in [0.15, 0.2) is 30.6 Å². The van der Waals surface area contributed by atoms with Crippen molar-refractivity contribution in [2.45, 2.75) is 6.92 Å². The Labute approximate surface area is 116 Å². The Bertz CT molecular complexity index is 628. The highest BCUT2D eigenvalue weighted by Gasteiger charge is 2.11. The molecule has 2 rings (SSSR count). The van der Waals surface area contributed by atoms with E-state index in [0.29, 0.717) is 23.6 Å². The van der Waals surface area contributed by atoms with Gasteiger partial charge in [-0.15, -0.1) is 0 Å². The predicted molar refractivity (Wildman–Crippen MR) is 71.6 cm³/mol. The first-order valence-corrected chi connectivity index (χ1v) is 6.02. The Morgan fingerprint density at radius 3 is 2.80 bits per heavy atom. The molecule has 0 atom stereocenters. The number of methoxy groups -OCH3 is 1. The number of carbonyl (C=O) groups excluding carboxylic acids is 1. The molecule has 0 aliphatic carbocycles. The van der Waals surface area contributed by atoms with Crippen molar-refractivity contribution in [3.8, 4) is 22.8 Å². The van der Waals surface area contributed by atoms with Gasteiger partial charge in [-0.25, -0.2) is 9.78 Å². The fraction of sp³-hybridized carbons (Fsp3) is 0.214. The minimum Gasteiger partial charge on any atom is -0.504 e. The summed E-state index contributed by atoms with van der Waals surface area (Å²) >= 11 is 0. The van der Waals surface area contributed by atoms with Gasteiger partial charge >= 0.3 is 5.97 Å². The van der Waals surface area contributed by atoms with Gasteiger partial charge in [-0.05, 0) is 25.1 Å². The molecule has 0 bridgehead atoms. The van der Waals surface area contributed by atoms with Crippen molar-refractivity contribution < 1.29 is 19.4 Å². The standard InChI is InChI=1S/C14H14N2O4/c1-3-20-13-5-4-9(6-12(13)17)10-7-15-8-11(16-10)14(18)19-2/h4-8,17H,3H2,1-2H3. The lowest BCUT2D eigenvalue weighted by Crippen LogP contribution is -2.05. The van der Waals surface area contributed by atoms with Crippen LogP contribution in [0.2, 0.25) is 0 Å². The van der Waals surface area contributed by atoms with Gasteiger partial charge < -0.3 is 14.6 Å². The number of phenolic OH excluding ortho intramolecular Hbond substituents is 1. The summed E-state index contributed by atoms with van der Waals surface area (Å²) in [6.45, 7) is 2.29. The SMILES string of the molecule is CCOc1ccc(-c2cncc(C(=O)OC)n2)cc1O. The van der Waals surface area contributed by atoms with Crippen LogP contribution in [0.5, 0.6) is 11.5 Å². The summed E-state index contributed by atoms with van der Waals surface area (Å²) in [6.07, 6.45) is 2.82. The fourth-order valence-electron chi connectivity index (χ4n) is 1.66. The van der Waals surface area contributed by atoms with E-state index < -0.39 is 5.97 Å². The molecule has 2 aromatic rings. The van der Waals surface area contributed by atoms with E-state index in [1.807, 2.05) is 6.92 Å². The van der Waals surface area contributed by atoms with Crippen molar-refractivity contribution in [2.75, 3.05) is 13.7 Å². The van der Waals surface area contributed by atoms with Crippen LogP contribution >= 0.6 is 0 Å². The molecular weight excluding hydrogens is 260 g/mol. The van der Waals surface area contributed by atoms with Gasteiger partial charge in [-0.2, -0.15) is 0 Å². The van der Waals surface area contributed by atoms with Gasteiger partial charge in [-0.1, -0.05) is 0 Å². The highest BCUT2D eigenvalue weighted by atomic mass is 16.5. The lowest BCUT2D eigenvalue weighted by Gasteiger charge is -2.08. The van der Waals surface area contributed by atoms with Crippen LogP contribution < -0.4 is 4.74 Å². The van der Waals surface area contributed by atoms with Crippen LogP contribution in [0.25, 0.3) is 11.3 Å². The van der Waals surface area contributed by atoms with Crippen molar-refractivity contribution in [1.82, 2.24) is 9.97 Å². The van der Waals surface area contributed by atoms with Crippen LogP contribution in [0.4, 0.5) is 0 Å². The molecule has 0 amide bonds. The van der Waals surface area contributed by atoms with Crippen molar-refractivity contribution in [2.24, 2.45) is 0 Å². The summed E-state index contributed by atoms with van der Waals surface area (Å²) in [6, 6.07) is 4.88. The summed E-state index contributed by atoms with van der Waals surface area (Å²) in [5.74, 6) is -0.155. The predicted octanol–water partition coefficient (Wildman–Crippen LogP) is 2.03. The second-order valence-electron chi connectivity index (χ2n) is 3.90. The van der Waals surface area contributed by atoms with E-state index in [4.69, 9.17) is 4.74 Å². The fourth-order valence-corrected chi connectivity index (χ4v) is 1.66. The molecule has 0 radical (unpaired) electrons. The Hall–Kier alpha value is -2.63. The molecule has 1 N–H and O–H groups in total. The first-order valence-electron chi connectivity index (χ1n) is 6.02. The molecule has 6 nitrogen and oxygen atoms in total. The number of nitrogens with zero attached hydrogens (tertiary/aromatic N) is 2. The van der Waals surface area contributed by atoms with Crippen molar-refractivity contribution in [3.63, 3.8) is 0 Å². The maximum Gasteiger partial charge on any atom is 0.358 e. The lowest BCUT2D eigenvalue weighted by atomic mass is 10.1. The largest absolute Gasteiger partial charge is 0.504 e. The Morgan fingerprint density at radius 1 is 1.35 bits per heavy atom. The second-order valence-corrected chi connectivity index (χ2v) is 3.90. The summed E-state index contributed by atoms with van der Waals surface area (Å²) in [5.41, 5.74) is 1.20. The van der Waals surface area contributed by atoms with E-state index in [1.54, 1.807) is 12.1 Å². The molecule has 20 heavy (non-hydrogen) atoms. The van der Waals surface area contributed by atoms with E-state index in [1.165, 1.54) is 25.6 Å². The first kappa shape index (κ1) is 13.8. The molecule has 0 unspecified atom stereocenters. The minimum absolute atomic E-state index is 0.00891. The monoisotopic (exact) mass is 274 g/mol. The molecule has 6 heteroatoms. The molecular formula is C14H14N2O4. The number of rotatable bonds is 4. The number of carbonyl (C=O) groups is 1. The third-order valence-electron chi connectivity index (χ3n) is 2.58. The molecule has 0 fully saturated rings. The summed E-state index contributed by atoms with van der Waals surface area (Å²) in [5, 5.41) is 9.84. The number of esters is 1. The molecule has 0 saturated carbocycles. The zero-order chi connectivity index (χ0) is 14.5. The van der Waals surface area contributed by atoms with Gasteiger partial charge in [0.2, 0.25) is 0 Å². The average Bonchev–Trinajstić information content (AvgIpc) is 2.49. The highest BCUT2D eigenvalue weighted by molar-refractivity contribution is 5.87. The number of hydrogen-bond donors (Lipinski definition) is 1. The zero-order valence-corrected chi connectivity index (χ0v) is 11.2. The molecule has 0 aliphatic heterocycles. The van der Waals surface area contributed by atoms with Crippen LogP contribution in [-0.2, 0) is 4.74 Å². The molecule has 104 valence electrons. The maximum atomic E-state index is 11.4. The van der Waals surface area contributed by atoms with E-state index in [-0.39, 0.29) is 11.4 Å². The quantitative estimate of drug-likeness (QED) is 0.859. The van der Waals surface area contributed by atoms with Crippen molar-refractivity contribution in [1.29, 1.82) is 0 Å². The van der Waals surface area contributed by atoms with E-state index in [9.17, 15) is 9.90 Å². The molecule has 0 spiro atoms. The highest BCUT2D eigenvalue weighted by Crippen LogP contribution is 2.30. The maximum absolute atomic E-state index is 11.4. The number of phenols is 1. The van der Waals surface area contributed by atoms with Crippen molar-refractivity contribution in [3.05, 3.63) is 36.3 Å². The minimum atomic E-state index is -0.561. The Morgan fingerprint density at radius 2 is 2.15 bits per heavy atom.